The van der Waals surface area contributed by atoms with E-state index in [1.165, 1.54) is 12.8 Å². The molecular formula is C15H24BrN3O. The molecular weight excluding hydrogens is 318 g/mol. The van der Waals surface area contributed by atoms with Crippen LogP contribution in [0.3, 0.4) is 0 Å². The summed E-state index contributed by atoms with van der Waals surface area (Å²) in [5.41, 5.74) is 0.990. The average Bonchev–Trinajstić information content (AvgIpc) is 2.42. The first-order chi connectivity index (χ1) is 9.41. The van der Waals surface area contributed by atoms with Crippen molar-refractivity contribution in [2.24, 2.45) is 11.3 Å². The van der Waals surface area contributed by atoms with Gasteiger partial charge in [-0.3, -0.25) is 4.79 Å². The van der Waals surface area contributed by atoms with Gasteiger partial charge >= 0.3 is 0 Å². The van der Waals surface area contributed by atoms with Gasteiger partial charge in [0.2, 0.25) is 0 Å². The second kappa shape index (κ2) is 6.29. The SMILES string of the molecule is CC1CCN(c2cnn(CC(C)(C)CBr)c(=O)c2)CC1. The summed E-state index contributed by atoms with van der Waals surface area (Å²) in [5, 5.41) is 5.19. The lowest BCUT2D eigenvalue weighted by atomic mass is 9.97. The Morgan fingerprint density at radius 1 is 1.40 bits per heavy atom. The van der Waals surface area contributed by atoms with Gasteiger partial charge in [-0.2, -0.15) is 5.10 Å². The molecule has 5 heteroatoms. The first-order valence-electron chi connectivity index (χ1n) is 7.29. The van der Waals surface area contributed by atoms with Crippen molar-refractivity contribution in [1.29, 1.82) is 0 Å². The van der Waals surface area contributed by atoms with Gasteiger partial charge in [-0.05, 0) is 24.2 Å². The van der Waals surface area contributed by atoms with Crippen molar-refractivity contribution in [2.75, 3.05) is 23.3 Å². The maximum Gasteiger partial charge on any atom is 0.268 e. The van der Waals surface area contributed by atoms with Crippen LogP contribution in [0.15, 0.2) is 17.1 Å². The molecule has 0 N–H and O–H groups in total. The average molecular weight is 342 g/mol. The first kappa shape index (κ1) is 15.5. The van der Waals surface area contributed by atoms with E-state index in [2.05, 4.69) is 46.7 Å². The van der Waals surface area contributed by atoms with Crippen molar-refractivity contribution >= 4 is 21.6 Å². The zero-order valence-corrected chi connectivity index (χ0v) is 14.2. The van der Waals surface area contributed by atoms with Crippen LogP contribution in [-0.4, -0.2) is 28.2 Å². The predicted octanol–water partition coefficient (Wildman–Crippen LogP) is 2.90. The lowest BCUT2D eigenvalue weighted by Gasteiger charge is -2.32. The molecule has 112 valence electrons. The molecule has 4 nitrogen and oxygen atoms in total. The summed E-state index contributed by atoms with van der Waals surface area (Å²) < 4.78 is 1.57. The van der Waals surface area contributed by atoms with E-state index in [0.717, 1.165) is 30.0 Å². The van der Waals surface area contributed by atoms with Gasteiger partial charge in [0.1, 0.15) is 0 Å². The Morgan fingerprint density at radius 2 is 2.05 bits per heavy atom. The molecule has 1 aliphatic rings. The van der Waals surface area contributed by atoms with Gasteiger partial charge in [0.05, 0.1) is 18.4 Å². The van der Waals surface area contributed by atoms with Gasteiger partial charge in [-0.25, -0.2) is 4.68 Å². The quantitative estimate of drug-likeness (QED) is 0.790. The van der Waals surface area contributed by atoms with Gasteiger partial charge in [0.15, 0.2) is 0 Å². The predicted molar refractivity (Wildman–Crippen MR) is 86.7 cm³/mol. The van der Waals surface area contributed by atoms with Crippen LogP contribution >= 0.6 is 15.9 Å². The van der Waals surface area contributed by atoms with E-state index in [9.17, 15) is 4.79 Å². The summed E-state index contributed by atoms with van der Waals surface area (Å²) in [4.78, 5) is 14.5. The number of hydrogen-bond acceptors (Lipinski definition) is 3. The van der Waals surface area contributed by atoms with Crippen molar-refractivity contribution in [3.05, 3.63) is 22.6 Å². The highest BCUT2D eigenvalue weighted by atomic mass is 79.9. The maximum atomic E-state index is 12.2. The second-order valence-corrected chi connectivity index (χ2v) is 7.24. The fourth-order valence-electron chi connectivity index (χ4n) is 2.43. The molecule has 0 atom stereocenters. The fraction of sp³-hybridized carbons (Fsp3) is 0.733. The fourth-order valence-corrected chi connectivity index (χ4v) is 2.61. The monoisotopic (exact) mass is 341 g/mol. The molecule has 20 heavy (non-hydrogen) atoms. The maximum absolute atomic E-state index is 12.2. The molecule has 1 fully saturated rings. The first-order valence-corrected chi connectivity index (χ1v) is 8.41. The van der Waals surface area contributed by atoms with E-state index < -0.39 is 0 Å². The lowest BCUT2D eigenvalue weighted by molar-refractivity contribution is 0.326. The number of alkyl halides is 1. The van der Waals surface area contributed by atoms with E-state index in [-0.39, 0.29) is 11.0 Å². The summed E-state index contributed by atoms with van der Waals surface area (Å²) in [6, 6.07) is 1.73. The molecule has 0 spiro atoms. The number of hydrogen-bond donors (Lipinski definition) is 0. The second-order valence-electron chi connectivity index (χ2n) is 6.68. The van der Waals surface area contributed by atoms with Crippen LogP contribution in [0.4, 0.5) is 5.69 Å². The van der Waals surface area contributed by atoms with Crippen LogP contribution in [0.25, 0.3) is 0 Å². The van der Waals surface area contributed by atoms with E-state index in [0.29, 0.717) is 6.54 Å². The molecule has 1 aliphatic heterocycles. The number of aromatic nitrogens is 2. The molecule has 2 rings (SSSR count). The molecule has 0 unspecified atom stereocenters. The smallest absolute Gasteiger partial charge is 0.268 e. The van der Waals surface area contributed by atoms with Crippen molar-refractivity contribution < 1.29 is 0 Å². The number of anilines is 1. The number of nitrogens with zero attached hydrogens (tertiary/aromatic N) is 3. The van der Waals surface area contributed by atoms with Gasteiger partial charge in [-0.15, -0.1) is 0 Å². The van der Waals surface area contributed by atoms with Crippen molar-refractivity contribution in [3.8, 4) is 0 Å². The highest BCUT2D eigenvalue weighted by Gasteiger charge is 2.20. The molecule has 0 bridgehead atoms. The molecule has 2 heterocycles. The largest absolute Gasteiger partial charge is 0.370 e. The highest BCUT2D eigenvalue weighted by Crippen LogP contribution is 2.22. The van der Waals surface area contributed by atoms with Gasteiger partial charge in [-0.1, -0.05) is 36.7 Å². The van der Waals surface area contributed by atoms with Crippen LogP contribution in [-0.2, 0) is 6.54 Å². The van der Waals surface area contributed by atoms with E-state index >= 15 is 0 Å². The van der Waals surface area contributed by atoms with Gasteiger partial charge in [0, 0.05) is 24.5 Å². The third-order valence-corrected chi connectivity index (χ3v) is 5.46. The van der Waals surface area contributed by atoms with Crippen LogP contribution < -0.4 is 10.5 Å². The Labute approximate surface area is 129 Å². The summed E-state index contributed by atoms with van der Waals surface area (Å²) in [6.45, 7) is 9.22. The summed E-state index contributed by atoms with van der Waals surface area (Å²) in [7, 11) is 0. The Kier molecular flexibility index (Phi) is 4.89. The number of halogens is 1. The summed E-state index contributed by atoms with van der Waals surface area (Å²) >= 11 is 3.48. The van der Waals surface area contributed by atoms with Crippen molar-refractivity contribution in [2.45, 2.75) is 40.2 Å². The Hall–Kier alpha value is -0.840. The van der Waals surface area contributed by atoms with Crippen LogP contribution in [0.2, 0.25) is 0 Å². The minimum absolute atomic E-state index is 0.00449. The summed E-state index contributed by atoms with van der Waals surface area (Å²) in [5.74, 6) is 0.791. The topological polar surface area (TPSA) is 38.1 Å². The molecule has 0 aromatic carbocycles. The highest BCUT2D eigenvalue weighted by molar-refractivity contribution is 9.09. The molecule has 1 saturated heterocycles. The van der Waals surface area contributed by atoms with Gasteiger partial charge in [0.25, 0.3) is 5.56 Å². The van der Waals surface area contributed by atoms with Crippen molar-refractivity contribution in [1.82, 2.24) is 9.78 Å². The lowest BCUT2D eigenvalue weighted by Crippen LogP contribution is -2.35. The van der Waals surface area contributed by atoms with Crippen LogP contribution in [0, 0.1) is 11.3 Å². The number of rotatable bonds is 4. The zero-order valence-electron chi connectivity index (χ0n) is 12.6. The normalized spacial score (nSPS) is 17.5. The molecule has 0 amide bonds. The molecule has 0 saturated carbocycles. The van der Waals surface area contributed by atoms with Crippen LogP contribution in [0.1, 0.15) is 33.6 Å². The minimum atomic E-state index is -0.00449. The molecule has 0 radical (unpaired) electrons. The third-order valence-electron chi connectivity index (χ3n) is 3.94. The molecule has 1 aromatic rings. The molecule has 0 aliphatic carbocycles. The Morgan fingerprint density at radius 3 is 2.60 bits per heavy atom. The minimum Gasteiger partial charge on any atom is -0.370 e. The van der Waals surface area contributed by atoms with Crippen LogP contribution in [0.5, 0.6) is 0 Å². The van der Waals surface area contributed by atoms with E-state index in [4.69, 9.17) is 0 Å². The van der Waals surface area contributed by atoms with Crippen molar-refractivity contribution in [3.63, 3.8) is 0 Å². The summed E-state index contributed by atoms with van der Waals surface area (Å²) in [6.07, 6.45) is 4.22. The van der Waals surface area contributed by atoms with E-state index in [1.807, 2.05) is 6.20 Å². The number of piperidine rings is 1. The Balaban J connectivity index is 2.12. The standard InChI is InChI=1S/C15H24BrN3O/c1-12-4-6-18(7-5-12)13-8-14(20)19(17-9-13)11-15(2,3)10-16/h8-9,12H,4-7,10-11H2,1-3H3. The zero-order chi connectivity index (χ0) is 14.8. The van der Waals surface area contributed by atoms with E-state index in [1.54, 1.807) is 10.7 Å². The molecule has 1 aromatic heterocycles. The Bertz CT molecular complexity index is 504. The third kappa shape index (κ3) is 3.84. The van der Waals surface area contributed by atoms with Gasteiger partial charge < -0.3 is 4.90 Å².